The number of hydrogen-bond acceptors (Lipinski definition) is 2. The van der Waals surface area contributed by atoms with Gasteiger partial charge in [-0.3, -0.25) is 9.69 Å². The van der Waals surface area contributed by atoms with Gasteiger partial charge in [0.15, 0.2) is 0 Å². The van der Waals surface area contributed by atoms with Gasteiger partial charge in [-0.05, 0) is 34.7 Å². The Balaban J connectivity index is 4.40. The zero-order chi connectivity index (χ0) is 13.9. The van der Waals surface area contributed by atoms with Crippen LogP contribution in [0.5, 0.6) is 0 Å². The number of nitrogens with zero attached hydrogens (tertiary/aromatic N) is 2. The van der Waals surface area contributed by atoms with Crippen LogP contribution in [0.15, 0.2) is 0 Å². The van der Waals surface area contributed by atoms with Crippen molar-refractivity contribution >= 4 is 5.91 Å². The first kappa shape index (κ1) is 16.4. The second-order valence-corrected chi connectivity index (χ2v) is 6.73. The summed E-state index contributed by atoms with van der Waals surface area (Å²) in [6.07, 6.45) is 0. The molecule has 0 aliphatic carbocycles. The van der Waals surface area contributed by atoms with Crippen molar-refractivity contribution in [1.29, 1.82) is 0 Å². The molecule has 0 rings (SSSR count). The van der Waals surface area contributed by atoms with Crippen LogP contribution < -0.4 is 0 Å². The minimum Gasteiger partial charge on any atom is -0.341 e. The first-order valence-corrected chi connectivity index (χ1v) is 6.50. The second kappa shape index (κ2) is 5.85. The van der Waals surface area contributed by atoms with E-state index in [0.717, 1.165) is 19.6 Å². The summed E-state index contributed by atoms with van der Waals surface area (Å²) in [7, 11) is 2.11. The molecule has 0 aliphatic heterocycles. The molecule has 0 spiro atoms. The SMILES string of the molecule is CCN(CCN(C)C(C)(C)C)C(=O)C(C)(C)C. The van der Waals surface area contributed by atoms with E-state index in [1.54, 1.807) is 0 Å². The van der Waals surface area contributed by atoms with E-state index in [1.807, 2.05) is 32.6 Å². The number of hydrogen-bond donors (Lipinski definition) is 0. The van der Waals surface area contributed by atoms with E-state index in [4.69, 9.17) is 0 Å². The maximum atomic E-state index is 12.2. The molecule has 0 aromatic carbocycles. The molecule has 0 aromatic rings. The molecule has 0 unspecified atom stereocenters. The summed E-state index contributed by atoms with van der Waals surface area (Å²) in [5.41, 5.74) is -0.124. The maximum absolute atomic E-state index is 12.2. The van der Waals surface area contributed by atoms with Gasteiger partial charge in [-0.25, -0.2) is 0 Å². The molecule has 1 amide bonds. The van der Waals surface area contributed by atoms with Crippen LogP contribution in [0, 0.1) is 5.41 Å². The van der Waals surface area contributed by atoms with E-state index in [9.17, 15) is 4.79 Å². The summed E-state index contributed by atoms with van der Waals surface area (Å²) in [5.74, 6) is 0.238. The molecule has 0 heterocycles. The van der Waals surface area contributed by atoms with Crippen molar-refractivity contribution in [2.45, 2.75) is 54.0 Å². The van der Waals surface area contributed by atoms with Crippen LogP contribution in [0.2, 0.25) is 0 Å². The fourth-order valence-corrected chi connectivity index (χ4v) is 1.48. The van der Waals surface area contributed by atoms with Gasteiger partial charge in [0.2, 0.25) is 5.91 Å². The minimum absolute atomic E-state index is 0.157. The van der Waals surface area contributed by atoms with Crippen LogP contribution >= 0.6 is 0 Å². The van der Waals surface area contributed by atoms with Crippen LogP contribution in [0.25, 0.3) is 0 Å². The molecule has 0 bridgehead atoms. The molecule has 0 saturated carbocycles. The van der Waals surface area contributed by atoms with Crippen LogP contribution in [0.4, 0.5) is 0 Å². The van der Waals surface area contributed by atoms with Gasteiger partial charge in [-0.15, -0.1) is 0 Å². The molecule has 3 heteroatoms. The number of likely N-dealkylation sites (N-methyl/N-ethyl adjacent to an activating group) is 2. The first-order chi connectivity index (χ1) is 7.50. The summed E-state index contributed by atoms with van der Waals surface area (Å²) in [5, 5.41) is 0. The van der Waals surface area contributed by atoms with Crippen molar-refractivity contribution in [3.8, 4) is 0 Å². The van der Waals surface area contributed by atoms with Crippen molar-refractivity contribution < 1.29 is 4.79 Å². The summed E-state index contributed by atoms with van der Waals surface area (Å²) in [4.78, 5) is 16.4. The molecule has 17 heavy (non-hydrogen) atoms. The fraction of sp³-hybridized carbons (Fsp3) is 0.929. The Hall–Kier alpha value is -0.570. The van der Waals surface area contributed by atoms with Gasteiger partial charge in [0.25, 0.3) is 0 Å². The Kier molecular flexibility index (Phi) is 5.66. The highest BCUT2D eigenvalue weighted by atomic mass is 16.2. The number of amides is 1. The van der Waals surface area contributed by atoms with Gasteiger partial charge in [-0.2, -0.15) is 0 Å². The first-order valence-electron chi connectivity index (χ1n) is 6.50. The van der Waals surface area contributed by atoms with Gasteiger partial charge in [-0.1, -0.05) is 20.8 Å². The highest BCUT2D eigenvalue weighted by Crippen LogP contribution is 2.17. The largest absolute Gasteiger partial charge is 0.341 e. The fourth-order valence-electron chi connectivity index (χ4n) is 1.48. The molecule has 0 fully saturated rings. The average Bonchev–Trinajstić information content (AvgIpc) is 2.15. The van der Waals surface area contributed by atoms with Crippen LogP contribution in [0.1, 0.15) is 48.5 Å². The van der Waals surface area contributed by atoms with Crippen molar-refractivity contribution in [3.63, 3.8) is 0 Å². The van der Waals surface area contributed by atoms with Crippen LogP contribution in [-0.2, 0) is 4.79 Å². The molecule has 3 nitrogen and oxygen atoms in total. The predicted octanol–water partition coefficient (Wildman–Crippen LogP) is 2.61. The molecule has 0 saturated heterocycles. The third-order valence-corrected chi connectivity index (χ3v) is 3.16. The quantitative estimate of drug-likeness (QED) is 0.756. The molecule has 0 aliphatic rings. The van der Waals surface area contributed by atoms with Gasteiger partial charge < -0.3 is 4.90 Å². The molecule has 0 atom stereocenters. The normalized spacial score (nSPS) is 13.0. The molecule has 0 radical (unpaired) electrons. The third kappa shape index (κ3) is 5.53. The second-order valence-electron chi connectivity index (χ2n) is 6.73. The third-order valence-electron chi connectivity index (χ3n) is 3.16. The minimum atomic E-state index is -0.281. The van der Waals surface area contributed by atoms with Crippen LogP contribution in [0.3, 0.4) is 0 Å². The molecule has 0 aromatic heterocycles. The lowest BCUT2D eigenvalue weighted by atomic mass is 9.94. The van der Waals surface area contributed by atoms with E-state index < -0.39 is 0 Å². The molecular formula is C14H30N2O. The van der Waals surface area contributed by atoms with E-state index in [1.165, 1.54) is 0 Å². The highest BCUT2D eigenvalue weighted by Gasteiger charge is 2.27. The van der Waals surface area contributed by atoms with E-state index in [-0.39, 0.29) is 16.9 Å². The Morgan fingerprint density at radius 1 is 1.00 bits per heavy atom. The number of carbonyl (C=O) groups is 1. The zero-order valence-corrected chi connectivity index (χ0v) is 12.9. The summed E-state index contributed by atoms with van der Waals surface area (Å²) in [6, 6.07) is 0. The summed E-state index contributed by atoms with van der Waals surface area (Å²) in [6.45, 7) is 17.1. The smallest absolute Gasteiger partial charge is 0.227 e. The van der Waals surface area contributed by atoms with E-state index in [2.05, 4.69) is 32.7 Å². The van der Waals surface area contributed by atoms with Crippen molar-refractivity contribution in [2.24, 2.45) is 5.41 Å². The van der Waals surface area contributed by atoms with Crippen molar-refractivity contribution in [3.05, 3.63) is 0 Å². The van der Waals surface area contributed by atoms with Gasteiger partial charge in [0.05, 0.1) is 0 Å². The zero-order valence-electron chi connectivity index (χ0n) is 12.9. The van der Waals surface area contributed by atoms with Crippen molar-refractivity contribution in [2.75, 3.05) is 26.7 Å². The van der Waals surface area contributed by atoms with E-state index >= 15 is 0 Å². The number of rotatable bonds is 4. The van der Waals surface area contributed by atoms with Gasteiger partial charge in [0, 0.05) is 30.6 Å². The van der Waals surface area contributed by atoms with Gasteiger partial charge in [0.1, 0.15) is 0 Å². The lowest BCUT2D eigenvalue weighted by Gasteiger charge is -2.35. The Morgan fingerprint density at radius 3 is 1.76 bits per heavy atom. The predicted molar refractivity (Wildman–Crippen MR) is 74.1 cm³/mol. The Labute approximate surface area is 107 Å². The maximum Gasteiger partial charge on any atom is 0.227 e. The molecular weight excluding hydrogens is 212 g/mol. The summed E-state index contributed by atoms with van der Waals surface area (Å²) >= 11 is 0. The lowest BCUT2D eigenvalue weighted by Crippen LogP contribution is -2.46. The number of carbonyl (C=O) groups excluding carboxylic acids is 1. The topological polar surface area (TPSA) is 23.6 Å². The summed E-state index contributed by atoms with van der Waals surface area (Å²) < 4.78 is 0. The average molecular weight is 242 g/mol. The molecule has 102 valence electrons. The molecule has 0 N–H and O–H groups in total. The van der Waals surface area contributed by atoms with Crippen molar-refractivity contribution in [1.82, 2.24) is 9.80 Å². The van der Waals surface area contributed by atoms with E-state index in [0.29, 0.717) is 0 Å². The standard InChI is InChI=1S/C14H30N2O/c1-9-16(12(17)13(2,3)4)11-10-15(8)14(5,6)7/h9-11H2,1-8H3. The Morgan fingerprint density at radius 2 is 1.47 bits per heavy atom. The Bertz CT molecular complexity index is 248. The highest BCUT2D eigenvalue weighted by molar-refractivity contribution is 5.81. The monoisotopic (exact) mass is 242 g/mol. The van der Waals surface area contributed by atoms with Gasteiger partial charge >= 0.3 is 0 Å². The van der Waals surface area contributed by atoms with Crippen LogP contribution in [-0.4, -0.2) is 47.9 Å². The lowest BCUT2D eigenvalue weighted by molar-refractivity contribution is -0.139.